The summed E-state index contributed by atoms with van der Waals surface area (Å²) in [5, 5.41) is 13.5. The van der Waals surface area contributed by atoms with Crippen molar-refractivity contribution < 1.29 is 4.92 Å². The summed E-state index contributed by atoms with van der Waals surface area (Å²) in [5.74, 6) is 0. The minimum Gasteiger partial charge on any atom is -0.380 e. The summed E-state index contributed by atoms with van der Waals surface area (Å²) in [4.78, 5) is 13.9. The van der Waals surface area contributed by atoms with Gasteiger partial charge in [-0.1, -0.05) is 0 Å². The summed E-state index contributed by atoms with van der Waals surface area (Å²) in [7, 11) is 1.79. The van der Waals surface area contributed by atoms with E-state index in [-0.39, 0.29) is 5.69 Å². The second-order valence-corrected chi connectivity index (χ2v) is 2.64. The Labute approximate surface area is 76.7 Å². The highest BCUT2D eigenvalue weighted by Gasteiger charge is 2.14. The Morgan fingerprint density at radius 1 is 1.69 bits per heavy atom. The predicted molar refractivity (Wildman–Crippen MR) is 53.2 cm³/mol. The first kappa shape index (κ1) is 9.50. The van der Waals surface area contributed by atoms with Crippen LogP contribution in [0, 0.1) is 10.1 Å². The number of anilines is 1. The molecule has 1 heterocycles. The van der Waals surface area contributed by atoms with Gasteiger partial charge in [-0.25, -0.2) is 0 Å². The zero-order valence-electron chi connectivity index (χ0n) is 7.57. The molecule has 0 saturated heterocycles. The predicted octanol–water partition coefficient (Wildman–Crippen LogP) is -0.320. The van der Waals surface area contributed by atoms with Crippen LogP contribution < -0.4 is 10.8 Å². The third kappa shape index (κ3) is 1.96. The second kappa shape index (κ2) is 3.89. The molecule has 0 unspecified atom stereocenters. The minimum absolute atomic E-state index is 0.0295. The van der Waals surface area contributed by atoms with Crippen LogP contribution in [0.2, 0.25) is 0 Å². The van der Waals surface area contributed by atoms with Gasteiger partial charge in [-0.05, 0) is 12.4 Å². The van der Waals surface area contributed by atoms with Crippen molar-refractivity contribution in [3.63, 3.8) is 0 Å². The van der Waals surface area contributed by atoms with Crippen molar-refractivity contribution in [1.82, 2.24) is 4.98 Å². The van der Waals surface area contributed by atoms with Gasteiger partial charge in [-0.2, -0.15) is 0 Å². The van der Waals surface area contributed by atoms with Gasteiger partial charge in [0.2, 0.25) is 0 Å². The molecular formula is C7H10BN3O2. The van der Waals surface area contributed by atoms with E-state index in [9.17, 15) is 10.1 Å². The van der Waals surface area contributed by atoms with Crippen LogP contribution in [0.4, 0.5) is 11.4 Å². The largest absolute Gasteiger partial charge is 0.380 e. The molecule has 1 aromatic rings. The average Bonchev–Trinajstić information content (AvgIpc) is 2.08. The van der Waals surface area contributed by atoms with Gasteiger partial charge in [0.1, 0.15) is 19.7 Å². The topological polar surface area (TPSA) is 68.1 Å². The van der Waals surface area contributed by atoms with Crippen molar-refractivity contribution in [3.05, 3.63) is 22.5 Å². The van der Waals surface area contributed by atoms with E-state index < -0.39 is 4.92 Å². The van der Waals surface area contributed by atoms with E-state index in [2.05, 4.69) is 10.3 Å². The van der Waals surface area contributed by atoms with Gasteiger partial charge in [0.15, 0.2) is 0 Å². The van der Waals surface area contributed by atoms with Crippen molar-refractivity contribution in [2.45, 2.75) is 6.92 Å². The normalized spacial score (nSPS) is 9.62. The number of pyridine rings is 1. The van der Waals surface area contributed by atoms with Crippen molar-refractivity contribution in [1.29, 1.82) is 0 Å². The van der Waals surface area contributed by atoms with Crippen LogP contribution in [0.3, 0.4) is 0 Å². The minimum atomic E-state index is -0.433. The van der Waals surface area contributed by atoms with E-state index in [0.29, 0.717) is 12.2 Å². The van der Waals surface area contributed by atoms with Gasteiger partial charge in [-0.15, -0.1) is 0 Å². The first-order valence-electron chi connectivity index (χ1n) is 3.99. The van der Waals surface area contributed by atoms with E-state index in [1.54, 1.807) is 14.0 Å². The summed E-state index contributed by atoms with van der Waals surface area (Å²) >= 11 is 0. The molecule has 68 valence electrons. The Hall–Kier alpha value is -1.59. The van der Waals surface area contributed by atoms with Gasteiger partial charge < -0.3 is 5.32 Å². The number of nitrogens with zero attached hydrogens (tertiary/aromatic N) is 2. The molecule has 5 nitrogen and oxygen atoms in total. The van der Waals surface area contributed by atoms with Crippen LogP contribution in [0.15, 0.2) is 12.4 Å². The van der Waals surface area contributed by atoms with Gasteiger partial charge in [0.25, 0.3) is 0 Å². The number of aromatic nitrogens is 1. The molecule has 1 N–H and O–H groups in total. The molecule has 0 aliphatic heterocycles. The highest BCUT2D eigenvalue weighted by atomic mass is 16.6. The van der Waals surface area contributed by atoms with Crippen molar-refractivity contribution in [3.8, 4) is 0 Å². The van der Waals surface area contributed by atoms with Crippen LogP contribution in [-0.4, -0.2) is 24.3 Å². The van der Waals surface area contributed by atoms with Crippen LogP contribution in [0.5, 0.6) is 0 Å². The van der Waals surface area contributed by atoms with Crippen LogP contribution in [0.25, 0.3) is 0 Å². The van der Waals surface area contributed by atoms with E-state index in [4.69, 9.17) is 0 Å². The third-order valence-corrected chi connectivity index (χ3v) is 1.67. The molecule has 1 aromatic heterocycles. The Morgan fingerprint density at radius 2 is 2.38 bits per heavy atom. The molecule has 0 fully saturated rings. The smallest absolute Gasteiger partial charge is 0.309 e. The molecule has 0 saturated carbocycles. The maximum absolute atomic E-state index is 10.6. The Kier molecular flexibility index (Phi) is 2.84. The standard InChI is InChI=1S/C7H10BN3O2/c1-2-10-7-5(8)3-9-4-6(7)11(12)13/h3-4H,2,8H2,1H3,(H,9,10). The molecule has 0 aromatic carbocycles. The Balaban J connectivity index is 3.17. The number of nitro groups is 1. The Morgan fingerprint density at radius 3 is 2.92 bits per heavy atom. The maximum Gasteiger partial charge on any atom is 0.309 e. The number of nitrogens with one attached hydrogen (secondary N) is 1. The molecule has 0 aliphatic rings. The second-order valence-electron chi connectivity index (χ2n) is 2.64. The van der Waals surface area contributed by atoms with Gasteiger partial charge in [0, 0.05) is 12.7 Å². The highest BCUT2D eigenvalue weighted by Crippen LogP contribution is 2.18. The lowest BCUT2D eigenvalue weighted by atomic mass is 9.96. The summed E-state index contributed by atoms with van der Waals surface area (Å²) in [5.41, 5.74) is 1.38. The number of hydrogen-bond donors (Lipinski definition) is 1. The molecule has 0 atom stereocenters. The molecule has 0 radical (unpaired) electrons. The molecule has 0 aliphatic carbocycles. The summed E-state index contributed by atoms with van der Waals surface area (Å²) < 4.78 is 0. The number of rotatable bonds is 3. The van der Waals surface area contributed by atoms with E-state index in [1.165, 1.54) is 6.20 Å². The zero-order valence-corrected chi connectivity index (χ0v) is 7.57. The third-order valence-electron chi connectivity index (χ3n) is 1.67. The van der Waals surface area contributed by atoms with E-state index in [0.717, 1.165) is 5.46 Å². The van der Waals surface area contributed by atoms with Crippen LogP contribution in [0.1, 0.15) is 6.92 Å². The molecule has 0 bridgehead atoms. The summed E-state index contributed by atoms with van der Waals surface area (Å²) in [6.07, 6.45) is 2.86. The average molecular weight is 179 g/mol. The molecule has 0 amide bonds. The highest BCUT2D eigenvalue weighted by molar-refractivity contribution is 6.36. The summed E-state index contributed by atoms with van der Waals surface area (Å²) in [6, 6.07) is 0. The molecule has 0 spiro atoms. The van der Waals surface area contributed by atoms with Crippen LogP contribution >= 0.6 is 0 Å². The fourth-order valence-electron chi connectivity index (χ4n) is 1.10. The van der Waals surface area contributed by atoms with Gasteiger partial charge in [0.05, 0.1) is 4.92 Å². The molecule has 13 heavy (non-hydrogen) atoms. The first-order valence-corrected chi connectivity index (χ1v) is 3.99. The number of hydrogen-bond acceptors (Lipinski definition) is 4. The van der Waals surface area contributed by atoms with E-state index >= 15 is 0 Å². The quantitative estimate of drug-likeness (QED) is 0.392. The van der Waals surface area contributed by atoms with Crippen molar-refractivity contribution in [2.24, 2.45) is 0 Å². The fourth-order valence-corrected chi connectivity index (χ4v) is 1.10. The van der Waals surface area contributed by atoms with E-state index in [1.807, 2.05) is 6.92 Å². The van der Waals surface area contributed by atoms with Crippen molar-refractivity contribution >= 4 is 24.7 Å². The lowest BCUT2D eigenvalue weighted by molar-refractivity contribution is -0.384. The first-order chi connectivity index (χ1) is 6.16. The molecular weight excluding hydrogens is 169 g/mol. The maximum atomic E-state index is 10.6. The monoisotopic (exact) mass is 179 g/mol. The van der Waals surface area contributed by atoms with Gasteiger partial charge >= 0.3 is 5.69 Å². The fraction of sp³-hybridized carbons (Fsp3) is 0.286. The van der Waals surface area contributed by atoms with Crippen LogP contribution in [-0.2, 0) is 0 Å². The molecule has 6 heteroatoms. The summed E-state index contributed by atoms with van der Waals surface area (Å²) in [6.45, 7) is 2.55. The lowest BCUT2D eigenvalue weighted by Gasteiger charge is -2.06. The Bertz CT molecular complexity index is 330. The zero-order chi connectivity index (χ0) is 9.84. The SMILES string of the molecule is Bc1cncc([N+](=O)[O-])c1NCC. The van der Waals surface area contributed by atoms with Crippen molar-refractivity contribution in [2.75, 3.05) is 11.9 Å². The molecule has 1 rings (SSSR count). The van der Waals surface area contributed by atoms with Gasteiger partial charge in [-0.3, -0.25) is 15.1 Å². The lowest BCUT2D eigenvalue weighted by Crippen LogP contribution is -2.15.